The molecule has 2 atom stereocenters. The molecule has 1 aliphatic rings. The number of hydrogen-bond donors (Lipinski definition) is 2. The summed E-state index contributed by atoms with van der Waals surface area (Å²) in [6.45, 7) is 4.20. The zero-order valence-electron chi connectivity index (χ0n) is 9.78. The molecule has 0 radical (unpaired) electrons. The Kier molecular flexibility index (Phi) is 6.37. The number of ether oxygens (including phenoxy) is 2. The second kappa shape index (κ2) is 7.60. The normalized spacial score (nSPS) is 24.6. The van der Waals surface area contributed by atoms with E-state index in [4.69, 9.17) is 14.6 Å². The maximum atomic E-state index is 11.7. The van der Waals surface area contributed by atoms with Crippen molar-refractivity contribution in [2.75, 3.05) is 33.0 Å². The molecule has 5 nitrogen and oxygen atoms in total. The fourth-order valence-corrected chi connectivity index (χ4v) is 1.76. The molecule has 5 heteroatoms. The molecule has 94 valence electrons. The van der Waals surface area contributed by atoms with Crippen LogP contribution >= 0.6 is 0 Å². The van der Waals surface area contributed by atoms with Gasteiger partial charge in [0.05, 0.1) is 25.2 Å². The standard InChI is InChI=1S/C11H21NO4/c1-9-10(3-7-16-9)11(14)12-4-2-6-15-8-5-13/h9-10,13H,2-8H2,1H3,(H,12,14). The lowest BCUT2D eigenvalue weighted by Gasteiger charge is -2.13. The first-order valence-corrected chi connectivity index (χ1v) is 5.83. The minimum absolute atomic E-state index is 0.00152. The first kappa shape index (κ1) is 13.4. The van der Waals surface area contributed by atoms with Crippen molar-refractivity contribution in [3.05, 3.63) is 0 Å². The number of carbonyl (C=O) groups is 1. The Morgan fingerprint density at radius 3 is 3.00 bits per heavy atom. The van der Waals surface area contributed by atoms with Crippen LogP contribution in [-0.4, -0.2) is 50.1 Å². The Balaban J connectivity index is 2.02. The van der Waals surface area contributed by atoms with Gasteiger partial charge in [-0.1, -0.05) is 0 Å². The largest absolute Gasteiger partial charge is 0.394 e. The van der Waals surface area contributed by atoms with E-state index in [-0.39, 0.29) is 24.5 Å². The Bertz CT molecular complexity index is 210. The molecule has 0 aromatic carbocycles. The lowest BCUT2D eigenvalue weighted by molar-refractivity contribution is -0.126. The predicted molar refractivity (Wildman–Crippen MR) is 59.1 cm³/mol. The smallest absolute Gasteiger partial charge is 0.225 e. The van der Waals surface area contributed by atoms with Crippen molar-refractivity contribution in [2.24, 2.45) is 5.92 Å². The Morgan fingerprint density at radius 1 is 1.56 bits per heavy atom. The Morgan fingerprint density at radius 2 is 2.38 bits per heavy atom. The topological polar surface area (TPSA) is 67.8 Å². The highest BCUT2D eigenvalue weighted by atomic mass is 16.5. The maximum Gasteiger partial charge on any atom is 0.225 e. The van der Waals surface area contributed by atoms with Crippen LogP contribution in [0, 0.1) is 5.92 Å². The van der Waals surface area contributed by atoms with Gasteiger partial charge >= 0.3 is 0 Å². The average molecular weight is 231 g/mol. The van der Waals surface area contributed by atoms with Crippen molar-refractivity contribution < 1.29 is 19.4 Å². The van der Waals surface area contributed by atoms with Gasteiger partial charge in [0.1, 0.15) is 0 Å². The molecule has 0 aromatic heterocycles. The van der Waals surface area contributed by atoms with Gasteiger partial charge in [-0.05, 0) is 19.8 Å². The molecule has 1 saturated heterocycles. The van der Waals surface area contributed by atoms with Gasteiger partial charge in [0, 0.05) is 19.8 Å². The monoisotopic (exact) mass is 231 g/mol. The van der Waals surface area contributed by atoms with E-state index in [1.54, 1.807) is 0 Å². The van der Waals surface area contributed by atoms with E-state index in [0.717, 1.165) is 12.8 Å². The quantitative estimate of drug-likeness (QED) is 0.602. The number of hydrogen-bond acceptors (Lipinski definition) is 4. The summed E-state index contributed by atoms with van der Waals surface area (Å²) in [6.07, 6.45) is 1.62. The van der Waals surface area contributed by atoms with Gasteiger partial charge in [-0.3, -0.25) is 4.79 Å². The van der Waals surface area contributed by atoms with Gasteiger partial charge in [-0.2, -0.15) is 0 Å². The second-order valence-corrected chi connectivity index (χ2v) is 3.95. The first-order chi connectivity index (χ1) is 7.75. The maximum absolute atomic E-state index is 11.7. The SMILES string of the molecule is CC1OCCC1C(=O)NCCCOCCO. The summed E-state index contributed by atoms with van der Waals surface area (Å²) in [7, 11) is 0. The van der Waals surface area contributed by atoms with Crippen LogP contribution in [0.25, 0.3) is 0 Å². The molecule has 0 aliphatic carbocycles. The van der Waals surface area contributed by atoms with Crippen LogP contribution in [0.1, 0.15) is 19.8 Å². The molecule has 1 rings (SSSR count). The van der Waals surface area contributed by atoms with Crippen molar-refractivity contribution in [2.45, 2.75) is 25.9 Å². The Labute approximate surface area is 96.1 Å². The highest BCUT2D eigenvalue weighted by Crippen LogP contribution is 2.20. The molecule has 1 aliphatic heterocycles. The van der Waals surface area contributed by atoms with E-state index in [2.05, 4.69) is 5.32 Å². The molecule has 0 aromatic rings. The van der Waals surface area contributed by atoms with Crippen LogP contribution in [0.15, 0.2) is 0 Å². The van der Waals surface area contributed by atoms with E-state index in [0.29, 0.717) is 26.4 Å². The van der Waals surface area contributed by atoms with Crippen molar-refractivity contribution in [3.63, 3.8) is 0 Å². The van der Waals surface area contributed by atoms with Crippen LogP contribution in [0.5, 0.6) is 0 Å². The van der Waals surface area contributed by atoms with Gasteiger partial charge in [0.15, 0.2) is 0 Å². The molecular formula is C11H21NO4. The van der Waals surface area contributed by atoms with Gasteiger partial charge in [-0.15, -0.1) is 0 Å². The molecule has 2 unspecified atom stereocenters. The lowest BCUT2D eigenvalue weighted by atomic mass is 10.0. The third kappa shape index (κ3) is 4.47. The van der Waals surface area contributed by atoms with Gasteiger partial charge in [0.2, 0.25) is 5.91 Å². The fraction of sp³-hybridized carbons (Fsp3) is 0.909. The van der Waals surface area contributed by atoms with Crippen LogP contribution < -0.4 is 5.32 Å². The minimum atomic E-state index is -0.00152. The summed E-state index contributed by atoms with van der Waals surface area (Å²) in [6, 6.07) is 0. The molecule has 0 spiro atoms. The highest BCUT2D eigenvalue weighted by molar-refractivity contribution is 5.79. The van der Waals surface area contributed by atoms with E-state index in [1.165, 1.54) is 0 Å². The molecule has 1 fully saturated rings. The van der Waals surface area contributed by atoms with Crippen LogP contribution in [0.3, 0.4) is 0 Å². The van der Waals surface area contributed by atoms with E-state index in [1.807, 2.05) is 6.92 Å². The number of rotatable bonds is 7. The number of carbonyl (C=O) groups excluding carboxylic acids is 1. The van der Waals surface area contributed by atoms with E-state index in [9.17, 15) is 4.79 Å². The zero-order chi connectivity index (χ0) is 11.8. The minimum Gasteiger partial charge on any atom is -0.394 e. The summed E-state index contributed by atoms with van der Waals surface area (Å²) >= 11 is 0. The van der Waals surface area contributed by atoms with Gasteiger partial charge in [0.25, 0.3) is 0 Å². The van der Waals surface area contributed by atoms with Crippen LogP contribution in [0.2, 0.25) is 0 Å². The zero-order valence-corrected chi connectivity index (χ0v) is 9.78. The summed E-state index contributed by atoms with van der Waals surface area (Å²) in [5, 5.41) is 11.3. The van der Waals surface area contributed by atoms with Crippen LogP contribution in [0.4, 0.5) is 0 Å². The summed E-state index contributed by atoms with van der Waals surface area (Å²) in [4.78, 5) is 11.7. The third-order valence-corrected chi connectivity index (χ3v) is 2.71. The van der Waals surface area contributed by atoms with Gasteiger partial charge < -0.3 is 19.9 Å². The fourth-order valence-electron chi connectivity index (χ4n) is 1.76. The number of aliphatic hydroxyl groups excluding tert-OH is 1. The first-order valence-electron chi connectivity index (χ1n) is 5.83. The van der Waals surface area contributed by atoms with E-state index >= 15 is 0 Å². The predicted octanol–water partition coefficient (Wildman–Crippen LogP) is -0.0734. The summed E-state index contributed by atoms with van der Waals surface area (Å²) in [5.74, 6) is 0.0746. The molecule has 0 saturated carbocycles. The Hall–Kier alpha value is -0.650. The average Bonchev–Trinajstić information content (AvgIpc) is 2.69. The second-order valence-electron chi connectivity index (χ2n) is 3.95. The van der Waals surface area contributed by atoms with Crippen molar-refractivity contribution >= 4 is 5.91 Å². The lowest BCUT2D eigenvalue weighted by Crippen LogP contribution is -2.35. The van der Waals surface area contributed by atoms with Gasteiger partial charge in [-0.25, -0.2) is 0 Å². The number of nitrogens with one attached hydrogen (secondary N) is 1. The summed E-state index contributed by atoms with van der Waals surface area (Å²) in [5.41, 5.74) is 0. The van der Waals surface area contributed by atoms with Crippen molar-refractivity contribution in [3.8, 4) is 0 Å². The molecular weight excluding hydrogens is 210 g/mol. The summed E-state index contributed by atoms with van der Waals surface area (Å²) < 4.78 is 10.4. The molecule has 16 heavy (non-hydrogen) atoms. The number of aliphatic hydroxyl groups is 1. The molecule has 1 heterocycles. The number of amides is 1. The highest BCUT2D eigenvalue weighted by Gasteiger charge is 2.30. The van der Waals surface area contributed by atoms with E-state index < -0.39 is 0 Å². The van der Waals surface area contributed by atoms with Crippen molar-refractivity contribution in [1.82, 2.24) is 5.32 Å². The molecule has 1 amide bonds. The molecule has 0 bridgehead atoms. The molecule has 2 N–H and O–H groups in total. The van der Waals surface area contributed by atoms with Crippen LogP contribution in [-0.2, 0) is 14.3 Å². The third-order valence-electron chi connectivity index (χ3n) is 2.71. The van der Waals surface area contributed by atoms with Crippen molar-refractivity contribution in [1.29, 1.82) is 0 Å².